The minimum Gasteiger partial charge on any atom is -0.341 e. The molecule has 2 heterocycles. The molecule has 3 fully saturated rings. The molecule has 1 aromatic rings. The molecule has 1 saturated carbocycles. The van der Waals surface area contributed by atoms with Gasteiger partial charge in [0.25, 0.3) is 5.91 Å². The van der Waals surface area contributed by atoms with E-state index in [2.05, 4.69) is 5.32 Å². The Kier molecular flexibility index (Phi) is 4.18. The van der Waals surface area contributed by atoms with Crippen LogP contribution in [0.4, 0.5) is 4.79 Å². The number of nitrogens with one attached hydrogen (secondary N) is 1. The monoisotopic (exact) mass is 381 g/mol. The van der Waals surface area contributed by atoms with E-state index in [9.17, 15) is 14.4 Å². The van der Waals surface area contributed by atoms with Crippen LogP contribution in [0.25, 0.3) is 0 Å². The van der Waals surface area contributed by atoms with E-state index in [1.54, 1.807) is 0 Å². The van der Waals surface area contributed by atoms with Gasteiger partial charge in [-0.05, 0) is 48.6 Å². The van der Waals surface area contributed by atoms with Crippen molar-refractivity contribution in [3.05, 3.63) is 35.4 Å². The predicted molar refractivity (Wildman–Crippen MR) is 103 cm³/mol. The van der Waals surface area contributed by atoms with Crippen LogP contribution in [0, 0.1) is 11.8 Å². The van der Waals surface area contributed by atoms with Crippen LogP contribution in [0.15, 0.2) is 24.3 Å². The highest BCUT2D eigenvalue weighted by molar-refractivity contribution is 6.09. The summed E-state index contributed by atoms with van der Waals surface area (Å²) in [4.78, 5) is 41.8. The molecule has 1 spiro atoms. The smallest absolute Gasteiger partial charge is 0.325 e. The Morgan fingerprint density at radius 3 is 2.75 bits per heavy atom. The molecule has 0 aromatic heterocycles. The fourth-order valence-corrected chi connectivity index (χ4v) is 5.80. The van der Waals surface area contributed by atoms with Gasteiger partial charge in [-0.3, -0.25) is 14.5 Å². The summed E-state index contributed by atoms with van der Waals surface area (Å²) in [5, 5.41) is 2.91. The van der Waals surface area contributed by atoms with Gasteiger partial charge in [-0.2, -0.15) is 0 Å². The van der Waals surface area contributed by atoms with Crippen LogP contribution in [-0.2, 0) is 21.5 Å². The number of carbonyl (C=O) groups excluding carboxylic acids is 3. The Hall–Kier alpha value is -2.37. The zero-order valence-corrected chi connectivity index (χ0v) is 16.2. The van der Waals surface area contributed by atoms with E-state index in [-0.39, 0.29) is 18.4 Å². The van der Waals surface area contributed by atoms with Crippen LogP contribution in [0.5, 0.6) is 0 Å². The molecule has 4 aliphatic rings. The van der Waals surface area contributed by atoms with Crippen molar-refractivity contribution in [3.8, 4) is 0 Å². The van der Waals surface area contributed by atoms with E-state index in [0.717, 1.165) is 47.9 Å². The molecule has 5 rings (SSSR count). The van der Waals surface area contributed by atoms with Gasteiger partial charge in [-0.1, -0.05) is 43.5 Å². The lowest BCUT2D eigenvalue weighted by molar-refractivity contribution is -0.141. The molecule has 2 aliphatic carbocycles. The molecular formula is C22H27N3O3. The molecule has 3 atom stereocenters. The normalized spacial score (nSPS) is 31.7. The topological polar surface area (TPSA) is 69.7 Å². The molecule has 2 saturated heterocycles. The van der Waals surface area contributed by atoms with E-state index in [4.69, 9.17) is 0 Å². The fraction of sp³-hybridized carbons (Fsp3) is 0.591. The van der Waals surface area contributed by atoms with E-state index in [1.807, 2.05) is 29.2 Å². The lowest BCUT2D eigenvalue weighted by atomic mass is 9.75. The summed E-state index contributed by atoms with van der Waals surface area (Å²) in [5.74, 6) is 0.953. The first-order valence-corrected chi connectivity index (χ1v) is 10.6. The van der Waals surface area contributed by atoms with Gasteiger partial charge >= 0.3 is 6.03 Å². The summed E-state index contributed by atoms with van der Waals surface area (Å²) in [6.07, 6.45) is 7.40. The molecule has 28 heavy (non-hydrogen) atoms. The van der Waals surface area contributed by atoms with Crippen molar-refractivity contribution in [2.75, 3.05) is 19.6 Å². The second kappa shape index (κ2) is 6.61. The molecule has 0 bridgehead atoms. The van der Waals surface area contributed by atoms with Gasteiger partial charge in [0.1, 0.15) is 12.1 Å². The molecule has 6 nitrogen and oxygen atoms in total. The number of piperidine rings is 1. The first-order valence-electron chi connectivity index (χ1n) is 10.6. The number of fused-ring (bicyclic) bond motifs is 3. The van der Waals surface area contributed by atoms with Crippen molar-refractivity contribution >= 4 is 17.8 Å². The summed E-state index contributed by atoms with van der Waals surface area (Å²) in [6.45, 7) is 1.38. The maximum atomic E-state index is 13.2. The van der Waals surface area contributed by atoms with Crippen molar-refractivity contribution in [1.82, 2.24) is 15.1 Å². The molecule has 148 valence electrons. The Morgan fingerprint density at radius 1 is 1.11 bits per heavy atom. The second-order valence-electron chi connectivity index (χ2n) is 8.82. The van der Waals surface area contributed by atoms with Crippen molar-refractivity contribution in [2.45, 2.75) is 50.5 Å². The van der Waals surface area contributed by atoms with Gasteiger partial charge in [-0.25, -0.2) is 4.79 Å². The van der Waals surface area contributed by atoms with Gasteiger partial charge in [0.15, 0.2) is 0 Å². The van der Waals surface area contributed by atoms with Gasteiger partial charge in [0, 0.05) is 13.1 Å². The van der Waals surface area contributed by atoms with E-state index < -0.39 is 11.6 Å². The molecule has 1 N–H and O–H groups in total. The Labute approximate surface area is 165 Å². The quantitative estimate of drug-likeness (QED) is 0.800. The van der Waals surface area contributed by atoms with E-state index in [0.29, 0.717) is 12.3 Å². The highest BCUT2D eigenvalue weighted by Gasteiger charge is 2.55. The summed E-state index contributed by atoms with van der Waals surface area (Å²) >= 11 is 0. The maximum absolute atomic E-state index is 13.2. The number of carbonyl (C=O) groups is 3. The summed E-state index contributed by atoms with van der Waals surface area (Å²) in [5.41, 5.74) is 1.000. The third kappa shape index (κ3) is 2.65. The summed E-state index contributed by atoms with van der Waals surface area (Å²) < 4.78 is 0. The van der Waals surface area contributed by atoms with Crippen molar-refractivity contribution in [3.63, 3.8) is 0 Å². The molecule has 1 aromatic carbocycles. The highest BCUT2D eigenvalue weighted by Crippen LogP contribution is 2.41. The number of amides is 4. The number of imide groups is 1. The lowest BCUT2D eigenvalue weighted by Crippen LogP contribution is -2.49. The zero-order valence-electron chi connectivity index (χ0n) is 16.2. The maximum Gasteiger partial charge on any atom is 0.325 e. The molecule has 0 unspecified atom stereocenters. The third-order valence-corrected chi connectivity index (χ3v) is 7.36. The van der Waals surface area contributed by atoms with Crippen LogP contribution in [-0.4, -0.2) is 47.3 Å². The van der Waals surface area contributed by atoms with Crippen molar-refractivity contribution < 1.29 is 14.4 Å². The van der Waals surface area contributed by atoms with Gasteiger partial charge in [-0.15, -0.1) is 0 Å². The number of aryl methyl sites for hydroxylation is 1. The van der Waals surface area contributed by atoms with Crippen molar-refractivity contribution in [2.24, 2.45) is 11.8 Å². The van der Waals surface area contributed by atoms with Crippen LogP contribution in [0.2, 0.25) is 0 Å². The SMILES string of the molecule is O=C(CN1C(=O)N[C@]2(CCc3ccccc32)C1=O)N1CC[C@H]2CCCC[C@@H]2C1. The van der Waals surface area contributed by atoms with E-state index in [1.165, 1.54) is 25.7 Å². The lowest BCUT2D eigenvalue weighted by Gasteiger charge is -2.41. The predicted octanol–water partition coefficient (Wildman–Crippen LogP) is 2.42. The van der Waals surface area contributed by atoms with Gasteiger partial charge < -0.3 is 10.2 Å². The number of likely N-dealkylation sites (tertiary alicyclic amines) is 1. The Bertz CT molecular complexity index is 838. The number of urea groups is 1. The number of nitrogens with zero attached hydrogens (tertiary/aromatic N) is 2. The first-order chi connectivity index (χ1) is 13.6. The highest BCUT2D eigenvalue weighted by atomic mass is 16.2. The largest absolute Gasteiger partial charge is 0.341 e. The zero-order chi connectivity index (χ0) is 19.3. The van der Waals surface area contributed by atoms with Crippen molar-refractivity contribution in [1.29, 1.82) is 0 Å². The minimum atomic E-state index is -0.982. The first kappa shape index (κ1) is 17.7. The van der Waals surface area contributed by atoms with Gasteiger partial charge in [0.05, 0.1) is 0 Å². The van der Waals surface area contributed by atoms with Crippen LogP contribution < -0.4 is 5.32 Å². The average molecular weight is 381 g/mol. The van der Waals surface area contributed by atoms with Crippen LogP contribution in [0.3, 0.4) is 0 Å². The molecule has 4 amide bonds. The number of rotatable bonds is 2. The van der Waals surface area contributed by atoms with Crippen LogP contribution >= 0.6 is 0 Å². The summed E-state index contributed by atoms with van der Waals surface area (Å²) in [6, 6.07) is 7.33. The second-order valence-corrected chi connectivity index (χ2v) is 8.82. The summed E-state index contributed by atoms with van der Waals surface area (Å²) in [7, 11) is 0. The standard InChI is InChI=1S/C22H27N3O3/c26-19(24-12-10-15-5-1-2-7-17(15)13-24)14-25-20(27)22(23-21(25)28)11-9-16-6-3-4-8-18(16)22/h3-4,6,8,15,17H,1-2,5,7,9-14H2,(H,23,28)/t15-,17-,22+/m1/s1. The Balaban J connectivity index is 1.30. The van der Waals surface area contributed by atoms with Crippen LogP contribution in [0.1, 0.15) is 49.7 Å². The average Bonchev–Trinajstić information content (AvgIpc) is 3.21. The fourth-order valence-electron chi connectivity index (χ4n) is 5.80. The number of hydrogen-bond donors (Lipinski definition) is 1. The minimum absolute atomic E-state index is 0.101. The molecule has 2 aliphatic heterocycles. The van der Waals surface area contributed by atoms with E-state index >= 15 is 0 Å². The molecule has 0 radical (unpaired) electrons. The number of hydrogen-bond acceptors (Lipinski definition) is 3. The third-order valence-electron chi connectivity index (χ3n) is 7.36. The Morgan fingerprint density at radius 2 is 1.89 bits per heavy atom. The number of benzene rings is 1. The molecule has 6 heteroatoms. The van der Waals surface area contributed by atoms with Gasteiger partial charge in [0.2, 0.25) is 5.91 Å². The molecular weight excluding hydrogens is 354 g/mol.